The van der Waals surface area contributed by atoms with Gasteiger partial charge in [-0.15, -0.1) is 0 Å². The zero-order chi connectivity index (χ0) is 12.7. The highest BCUT2D eigenvalue weighted by atomic mass is 35.5. The first-order valence-electron chi connectivity index (χ1n) is 5.42. The summed E-state index contributed by atoms with van der Waals surface area (Å²) in [5, 5.41) is 9.08. The molecule has 0 aliphatic rings. The van der Waals surface area contributed by atoms with Crippen LogP contribution in [0, 0.1) is 13.8 Å². The van der Waals surface area contributed by atoms with Crippen molar-refractivity contribution in [2.24, 2.45) is 7.05 Å². The molecule has 0 radical (unpaired) electrons. The van der Waals surface area contributed by atoms with E-state index in [1.165, 1.54) is 0 Å². The number of hydrogen-bond donors (Lipinski definition) is 1. The number of nitrogens with zero attached hydrogens (tertiary/aromatic N) is 4. The molecule has 0 amide bonds. The summed E-state index contributed by atoms with van der Waals surface area (Å²) < 4.78 is 3.59. The van der Waals surface area contributed by atoms with Crippen LogP contribution in [0.3, 0.4) is 0 Å². The highest BCUT2D eigenvalue weighted by Gasteiger charge is 2.20. The molecule has 0 aromatic carbocycles. The van der Waals surface area contributed by atoms with Gasteiger partial charge in [-0.2, -0.15) is 10.2 Å². The number of nitrogen functional groups attached to an aromatic ring is 1. The molecule has 1 atom stereocenters. The van der Waals surface area contributed by atoms with Gasteiger partial charge in [-0.1, -0.05) is 11.6 Å². The second kappa shape index (κ2) is 4.07. The number of nitrogens with two attached hydrogens (primary N) is 1. The van der Waals surface area contributed by atoms with Gasteiger partial charge in [-0.05, 0) is 20.8 Å². The molecule has 0 spiro atoms. The lowest BCUT2D eigenvalue weighted by Crippen LogP contribution is -2.13. The quantitative estimate of drug-likeness (QED) is 0.891. The van der Waals surface area contributed by atoms with E-state index in [4.69, 9.17) is 17.3 Å². The molecule has 0 saturated heterocycles. The summed E-state index contributed by atoms with van der Waals surface area (Å²) in [4.78, 5) is 0. The van der Waals surface area contributed by atoms with E-state index in [9.17, 15) is 0 Å². The van der Waals surface area contributed by atoms with Gasteiger partial charge in [-0.25, -0.2) is 4.68 Å². The average molecular weight is 254 g/mol. The van der Waals surface area contributed by atoms with Gasteiger partial charge < -0.3 is 5.73 Å². The van der Waals surface area contributed by atoms with E-state index >= 15 is 0 Å². The molecule has 0 aliphatic carbocycles. The van der Waals surface area contributed by atoms with Crippen molar-refractivity contribution in [1.82, 2.24) is 19.6 Å². The first-order chi connectivity index (χ1) is 7.93. The van der Waals surface area contributed by atoms with E-state index < -0.39 is 0 Å². The molecule has 0 saturated carbocycles. The Kier molecular flexibility index (Phi) is 2.87. The maximum absolute atomic E-state index is 5.92. The maximum atomic E-state index is 5.92. The van der Waals surface area contributed by atoms with E-state index in [-0.39, 0.29) is 6.04 Å². The van der Waals surface area contributed by atoms with Gasteiger partial charge in [0.25, 0.3) is 0 Å². The molecule has 6 heteroatoms. The lowest BCUT2D eigenvalue weighted by Gasteiger charge is -2.14. The minimum absolute atomic E-state index is 0.0243. The van der Waals surface area contributed by atoms with E-state index in [1.807, 2.05) is 32.5 Å². The van der Waals surface area contributed by atoms with E-state index in [2.05, 4.69) is 10.2 Å². The summed E-state index contributed by atoms with van der Waals surface area (Å²) in [5.74, 6) is 0.488. The maximum Gasteiger partial charge on any atom is 0.141 e. The molecule has 0 aliphatic heterocycles. The summed E-state index contributed by atoms with van der Waals surface area (Å²) >= 11 is 5.92. The number of rotatable bonds is 2. The van der Waals surface area contributed by atoms with Crippen molar-refractivity contribution in [1.29, 1.82) is 0 Å². The van der Waals surface area contributed by atoms with Crippen molar-refractivity contribution in [2.75, 3.05) is 5.73 Å². The second-order valence-corrected chi connectivity index (χ2v) is 4.61. The summed E-state index contributed by atoms with van der Waals surface area (Å²) in [5.41, 5.74) is 9.13. The molecular weight excluding hydrogens is 238 g/mol. The van der Waals surface area contributed by atoms with Crippen molar-refractivity contribution < 1.29 is 0 Å². The molecular formula is C11H16ClN5. The molecule has 5 nitrogen and oxygen atoms in total. The highest BCUT2D eigenvalue weighted by molar-refractivity contribution is 6.32. The van der Waals surface area contributed by atoms with E-state index in [0.29, 0.717) is 10.8 Å². The van der Waals surface area contributed by atoms with E-state index in [0.717, 1.165) is 17.0 Å². The number of aryl methyl sites for hydroxylation is 2. The van der Waals surface area contributed by atoms with Crippen LogP contribution in [0.25, 0.3) is 0 Å². The Morgan fingerprint density at radius 3 is 2.47 bits per heavy atom. The minimum atomic E-state index is 0.0243. The topological polar surface area (TPSA) is 61.7 Å². The van der Waals surface area contributed by atoms with Crippen LogP contribution >= 0.6 is 11.6 Å². The standard InChI is InChI=1S/C11H16ClN5/c1-6-10(7(2)16(4)15-6)8(3)17-11(13)9(12)5-14-17/h5,8H,13H2,1-4H3. The van der Waals surface area contributed by atoms with Crippen molar-refractivity contribution in [3.63, 3.8) is 0 Å². The molecule has 2 aromatic heterocycles. The van der Waals surface area contributed by atoms with Gasteiger partial charge in [-0.3, -0.25) is 4.68 Å². The fourth-order valence-electron chi connectivity index (χ4n) is 2.18. The fourth-order valence-corrected chi connectivity index (χ4v) is 2.31. The SMILES string of the molecule is Cc1nn(C)c(C)c1C(C)n1ncc(Cl)c1N. The summed E-state index contributed by atoms with van der Waals surface area (Å²) in [6.45, 7) is 6.06. The molecule has 17 heavy (non-hydrogen) atoms. The van der Waals surface area contributed by atoms with Crippen LogP contribution in [0.15, 0.2) is 6.20 Å². The van der Waals surface area contributed by atoms with Gasteiger partial charge in [0.2, 0.25) is 0 Å². The monoisotopic (exact) mass is 253 g/mol. The number of aromatic nitrogens is 4. The van der Waals surface area contributed by atoms with Crippen molar-refractivity contribution >= 4 is 17.4 Å². The zero-order valence-corrected chi connectivity index (χ0v) is 11.2. The third-order valence-corrected chi connectivity index (χ3v) is 3.43. The Morgan fingerprint density at radius 2 is 2.06 bits per heavy atom. The van der Waals surface area contributed by atoms with E-state index in [1.54, 1.807) is 10.9 Å². The van der Waals surface area contributed by atoms with Crippen LogP contribution < -0.4 is 5.73 Å². The lowest BCUT2D eigenvalue weighted by molar-refractivity contribution is 0.567. The largest absolute Gasteiger partial charge is 0.383 e. The Labute approximate surface area is 105 Å². The Morgan fingerprint density at radius 1 is 1.41 bits per heavy atom. The molecule has 2 aromatic rings. The predicted octanol–water partition coefficient (Wildman–Crippen LogP) is 2.08. The highest BCUT2D eigenvalue weighted by Crippen LogP contribution is 2.28. The third kappa shape index (κ3) is 1.80. The third-order valence-electron chi connectivity index (χ3n) is 3.14. The Balaban J connectivity index is 2.50. The number of halogens is 1. The summed E-state index contributed by atoms with van der Waals surface area (Å²) in [6, 6.07) is 0.0243. The average Bonchev–Trinajstić information content (AvgIpc) is 2.70. The molecule has 2 rings (SSSR count). The van der Waals surface area contributed by atoms with Crippen LogP contribution in [-0.2, 0) is 7.05 Å². The van der Waals surface area contributed by atoms with Gasteiger partial charge in [0.05, 0.1) is 17.9 Å². The van der Waals surface area contributed by atoms with Crippen molar-refractivity contribution in [3.8, 4) is 0 Å². The first-order valence-corrected chi connectivity index (χ1v) is 5.79. The predicted molar refractivity (Wildman–Crippen MR) is 68.1 cm³/mol. The van der Waals surface area contributed by atoms with Crippen molar-refractivity contribution in [3.05, 3.63) is 28.2 Å². The number of hydrogen-bond acceptors (Lipinski definition) is 3. The lowest BCUT2D eigenvalue weighted by atomic mass is 10.1. The van der Waals surface area contributed by atoms with Crippen LogP contribution in [0.5, 0.6) is 0 Å². The Hall–Kier alpha value is -1.49. The molecule has 1 unspecified atom stereocenters. The van der Waals surface area contributed by atoms with Gasteiger partial charge in [0, 0.05) is 18.3 Å². The Bertz CT molecular complexity index is 554. The smallest absolute Gasteiger partial charge is 0.141 e. The van der Waals surface area contributed by atoms with Crippen LogP contribution in [0.2, 0.25) is 5.02 Å². The number of anilines is 1. The van der Waals surface area contributed by atoms with Crippen LogP contribution in [0.1, 0.15) is 29.9 Å². The van der Waals surface area contributed by atoms with Gasteiger partial charge in [0.15, 0.2) is 0 Å². The molecule has 92 valence electrons. The normalized spacial score (nSPS) is 13.0. The summed E-state index contributed by atoms with van der Waals surface area (Å²) in [6.07, 6.45) is 1.56. The molecule has 2 N–H and O–H groups in total. The fraction of sp³-hybridized carbons (Fsp3) is 0.455. The van der Waals surface area contributed by atoms with Gasteiger partial charge in [0.1, 0.15) is 10.8 Å². The van der Waals surface area contributed by atoms with Crippen LogP contribution in [0.4, 0.5) is 5.82 Å². The molecule has 0 fully saturated rings. The summed E-state index contributed by atoms with van der Waals surface area (Å²) in [7, 11) is 1.93. The second-order valence-electron chi connectivity index (χ2n) is 4.21. The minimum Gasteiger partial charge on any atom is -0.383 e. The van der Waals surface area contributed by atoms with Gasteiger partial charge >= 0.3 is 0 Å². The molecule has 0 bridgehead atoms. The van der Waals surface area contributed by atoms with Crippen molar-refractivity contribution in [2.45, 2.75) is 26.8 Å². The first kappa shape index (κ1) is 12.0. The molecule has 2 heterocycles. The zero-order valence-electron chi connectivity index (χ0n) is 10.4. The van der Waals surface area contributed by atoms with Crippen LogP contribution in [-0.4, -0.2) is 19.6 Å².